The van der Waals surface area contributed by atoms with Crippen molar-refractivity contribution < 1.29 is 13.9 Å². The number of rotatable bonds is 6. The van der Waals surface area contributed by atoms with Crippen LogP contribution in [0.1, 0.15) is 26.2 Å². The molecule has 2 rings (SSSR count). The Kier molecular flexibility index (Phi) is 8.20. The number of hydrogen-bond acceptors (Lipinski definition) is 3. The summed E-state index contributed by atoms with van der Waals surface area (Å²) >= 11 is 0. The van der Waals surface area contributed by atoms with Crippen molar-refractivity contribution in [1.29, 1.82) is 0 Å². The average molecular weight is 331 g/mol. The molecule has 0 aromatic heterocycles. The van der Waals surface area contributed by atoms with E-state index >= 15 is 0 Å². The van der Waals surface area contributed by atoms with E-state index in [-0.39, 0.29) is 24.1 Å². The Balaban J connectivity index is 0.00000242. The Bertz CT molecular complexity index is 467. The van der Waals surface area contributed by atoms with Gasteiger partial charge >= 0.3 is 0 Å². The summed E-state index contributed by atoms with van der Waals surface area (Å²) in [4.78, 5) is 12.2. The highest BCUT2D eigenvalue weighted by atomic mass is 35.5. The van der Waals surface area contributed by atoms with E-state index in [9.17, 15) is 9.18 Å². The molecule has 1 aromatic carbocycles. The van der Waals surface area contributed by atoms with Crippen LogP contribution in [0.25, 0.3) is 0 Å². The van der Waals surface area contributed by atoms with E-state index in [1.54, 1.807) is 12.1 Å². The number of para-hydroxylation sites is 1. The molecule has 2 N–H and O–H groups in total. The van der Waals surface area contributed by atoms with Crippen LogP contribution in [0.2, 0.25) is 0 Å². The van der Waals surface area contributed by atoms with Gasteiger partial charge < -0.3 is 15.4 Å². The molecule has 1 saturated heterocycles. The standard InChI is InChI=1S/C16H23FN2O2.ClH/c1-2-14(21-15-8-4-3-7-13(15)17)16(20)19-11-12-6-5-9-18-10-12;/h3-4,7-8,12,14,18H,2,5-6,9-11H2,1H3,(H,19,20);1H. The zero-order chi connectivity index (χ0) is 15.1. The van der Waals surface area contributed by atoms with Gasteiger partial charge in [-0.3, -0.25) is 4.79 Å². The molecule has 22 heavy (non-hydrogen) atoms. The molecule has 2 atom stereocenters. The summed E-state index contributed by atoms with van der Waals surface area (Å²) < 4.78 is 19.1. The maximum atomic E-state index is 13.6. The first-order chi connectivity index (χ1) is 10.2. The third-order valence-electron chi connectivity index (χ3n) is 3.73. The number of carbonyl (C=O) groups excluding carboxylic acids is 1. The van der Waals surface area contributed by atoms with E-state index in [4.69, 9.17) is 4.74 Å². The lowest BCUT2D eigenvalue weighted by Gasteiger charge is -2.24. The number of nitrogens with one attached hydrogen (secondary N) is 2. The van der Waals surface area contributed by atoms with Gasteiger partial charge in [0.1, 0.15) is 0 Å². The van der Waals surface area contributed by atoms with Crippen LogP contribution in [0.15, 0.2) is 24.3 Å². The fourth-order valence-electron chi connectivity index (χ4n) is 2.47. The van der Waals surface area contributed by atoms with E-state index in [0.29, 0.717) is 18.9 Å². The molecule has 1 fully saturated rings. The predicted octanol–water partition coefficient (Wildman–Crippen LogP) is 2.52. The van der Waals surface area contributed by atoms with Crippen LogP contribution in [-0.2, 0) is 4.79 Å². The van der Waals surface area contributed by atoms with E-state index < -0.39 is 11.9 Å². The largest absolute Gasteiger partial charge is 0.478 e. The first kappa shape index (κ1) is 18.7. The zero-order valence-corrected chi connectivity index (χ0v) is 13.6. The molecule has 0 spiro atoms. The maximum absolute atomic E-state index is 13.6. The average Bonchev–Trinajstić information content (AvgIpc) is 2.53. The second-order valence-electron chi connectivity index (χ2n) is 5.40. The number of hydrogen-bond donors (Lipinski definition) is 2. The molecule has 1 aliphatic rings. The molecular formula is C16H24ClFN2O2. The monoisotopic (exact) mass is 330 g/mol. The van der Waals surface area contributed by atoms with Crippen LogP contribution in [0.5, 0.6) is 5.75 Å². The minimum Gasteiger partial charge on any atom is -0.478 e. The lowest BCUT2D eigenvalue weighted by Crippen LogP contribution is -2.43. The van der Waals surface area contributed by atoms with Crippen molar-refractivity contribution in [3.63, 3.8) is 0 Å². The molecule has 0 aliphatic carbocycles. The van der Waals surface area contributed by atoms with Crippen LogP contribution >= 0.6 is 12.4 Å². The molecule has 6 heteroatoms. The number of ether oxygens (including phenoxy) is 1. The maximum Gasteiger partial charge on any atom is 0.261 e. The summed E-state index contributed by atoms with van der Waals surface area (Å²) in [7, 11) is 0. The van der Waals surface area contributed by atoms with Crippen molar-refractivity contribution in [3.8, 4) is 5.75 Å². The SMILES string of the molecule is CCC(Oc1ccccc1F)C(=O)NCC1CCCNC1.Cl. The van der Waals surface area contributed by atoms with E-state index in [2.05, 4.69) is 10.6 Å². The highest BCUT2D eigenvalue weighted by Crippen LogP contribution is 2.18. The van der Waals surface area contributed by atoms with Crippen LogP contribution in [0.4, 0.5) is 4.39 Å². The van der Waals surface area contributed by atoms with Crippen LogP contribution < -0.4 is 15.4 Å². The fraction of sp³-hybridized carbons (Fsp3) is 0.562. The summed E-state index contributed by atoms with van der Waals surface area (Å²) in [6, 6.07) is 6.15. The molecule has 0 bridgehead atoms. The van der Waals surface area contributed by atoms with Gasteiger partial charge in [-0.15, -0.1) is 12.4 Å². The van der Waals surface area contributed by atoms with Gasteiger partial charge in [-0.1, -0.05) is 19.1 Å². The third kappa shape index (κ3) is 5.46. The Morgan fingerprint density at radius 1 is 1.50 bits per heavy atom. The predicted molar refractivity (Wildman–Crippen MR) is 87.0 cm³/mol. The number of carbonyl (C=O) groups is 1. The van der Waals surface area contributed by atoms with Gasteiger partial charge in [-0.25, -0.2) is 4.39 Å². The summed E-state index contributed by atoms with van der Waals surface area (Å²) in [5.41, 5.74) is 0. The minimum absolute atomic E-state index is 0. The smallest absolute Gasteiger partial charge is 0.261 e. The highest BCUT2D eigenvalue weighted by Gasteiger charge is 2.21. The van der Waals surface area contributed by atoms with Gasteiger partial charge in [0.2, 0.25) is 0 Å². The Morgan fingerprint density at radius 3 is 2.91 bits per heavy atom. The fourth-order valence-corrected chi connectivity index (χ4v) is 2.47. The van der Waals surface area contributed by atoms with Crippen molar-refractivity contribution in [3.05, 3.63) is 30.1 Å². The zero-order valence-electron chi connectivity index (χ0n) is 12.8. The van der Waals surface area contributed by atoms with Gasteiger partial charge in [-0.05, 0) is 50.4 Å². The molecule has 1 aliphatic heterocycles. The molecule has 2 unspecified atom stereocenters. The van der Waals surface area contributed by atoms with Crippen LogP contribution in [0.3, 0.4) is 0 Å². The molecule has 1 aromatic rings. The molecular weight excluding hydrogens is 307 g/mol. The van der Waals surface area contributed by atoms with E-state index in [1.807, 2.05) is 6.92 Å². The number of piperidine rings is 1. The second-order valence-corrected chi connectivity index (χ2v) is 5.40. The lowest BCUT2D eigenvalue weighted by atomic mass is 10.00. The Hall–Kier alpha value is -1.33. The number of benzene rings is 1. The van der Waals surface area contributed by atoms with Crippen LogP contribution in [0, 0.1) is 11.7 Å². The van der Waals surface area contributed by atoms with E-state index in [1.165, 1.54) is 12.1 Å². The highest BCUT2D eigenvalue weighted by molar-refractivity contribution is 5.85. The number of amides is 1. The van der Waals surface area contributed by atoms with Gasteiger partial charge in [-0.2, -0.15) is 0 Å². The van der Waals surface area contributed by atoms with E-state index in [0.717, 1.165) is 25.9 Å². The molecule has 0 saturated carbocycles. The second kappa shape index (κ2) is 9.64. The molecule has 1 amide bonds. The summed E-state index contributed by atoms with van der Waals surface area (Å²) in [6.45, 7) is 4.49. The number of halogens is 2. The Labute approximate surface area is 137 Å². The molecule has 124 valence electrons. The Morgan fingerprint density at radius 2 is 2.27 bits per heavy atom. The summed E-state index contributed by atoms with van der Waals surface area (Å²) in [6.07, 6.45) is 2.11. The van der Waals surface area contributed by atoms with Crippen LogP contribution in [-0.4, -0.2) is 31.6 Å². The normalized spacial score (nSPS) is 18.9. The first-order valence-electron chi connectivity index (χ1n) is 7.60. The summed E-state index contributed by atoms with van der Waals surface area (Å²) in [5, 5.41) is 6.23. The summed E-state index contributed by atoms with van der Waals surface area (Å²) in [5.74, 6) is -0.0287. The quantitative estimate of drug-likeness (QED) is 0.842. The third-order valence-corrected chi connectivity index (χ3v) is 3.73. The van der Waals surface area contributed by atoms with Crippen molar-refractivity contribution in [2.75, 3.05) is 19.6 Å². The van der Waals surface area contributed by atoms with Crippen molar-refractivity contribution in [1.82, 2.24) is 10.6 Å². The van der Waals surface area contributed by atoms with Gasteiger partial charge in [0.05, 0.1) is 0 Å². The molecule has 4 nitrogen and oxygen atoms in total. The molecule has 1 heterocycles. The topological polar surface area (TPSA) is 50.4 Å². The van der Waals surface area contributed by atoms with Gasteiger partial charge in [0.25, 0.3) is 5.91 Å². The van der Waals surface area contributed by atoms with Gasteiger partial charge in [0, 0.05) is 6.54 Å². The minimum atomic E-state index is -0.654. The van der Waals surface area contributed by atoms with Crippen molar-refractivity contribution in [2.45, 2.75) is 32.3 Å². The molecule has 0 radical (unpaired) electrons. The van der Waals surface area contributed by atoms with Gasteiger partial charge in [0.15, 0.2) is 17.7 Å². The van der Waals surface area contributed by atoms with Crippen molar-refractivity contribution >= 4 is 18.3 Å². The van der Waals surface area contributed by atoms with Crippen molar-refractivity contribution in [2.24, 2.45) is 5.92 Å². The first-order valence-corrected chi connectivity index (χ1v) is 7.60. The lowest BCUT2D eigenvalue weighted by molar-refractivity contribution is -0.128.